The molecule has 9 heteroatoms. The van der Waals surface area contributed by atoms with Gasteiger partial charge in [-0.2, -0.15) is 5.10 Å². The Morgan fingerprint density at radius 1 is 1.19 bits per heavy atom. The van der Waals surface area contributed by atoms with Crippen LogP contribution in [0.1, 0.15) is 47.3 Å². The van der Waals surface area contributed by atoms with E-state index in [9.17, 15) is 14.7 Å². The van der Waals surface area contributed by atoms with Crippen LogP contribution >= 0.6 is 0 Å². The Kier molecular flexibility index (Phi) is 8.67. The van der Waals surface area contributed by atoms with Crippen LogP contribution in [0.4, 0.5) is 5.82 Å². The van der Waals surface area contributed by atoms with Crippen LogP contribution in [0.5, 0.6) is 0 Å². The lowest BCUT2D eigenvalue weighted by Gasteiger charge is -2.17. The second-order valence-electron chi connectivity index (χ2n) is 9.05. The van der Waals surface area contributed by atoms with Crippen LogP contribution in [0, 0.1) is 0 Å². The number of ether oxygens (including phenoxy) is 1. The second kappa shape index (κ2) is 12.3. The number of carboxylic acid groups (broad SMARTS) is 1. The fraction of sp³-hybridized carbons (Fsp3) is 0.407. The third-order valence-corrected chi connectivity index (χ3v) is 6.25. The van der Waals surface area contributed by atoms with Gasteiger partial charge in [0, 0.05) is 49.6 Å². The van der Waals surface area contributed by atoms with E-state index >= 15 is 0 Å². The lowest BCUT2D eigenvalue weighted by atomic mass is 10.0. The summed E-state index contributed by atoms with van der Waals surface area (Å²) >= 11 is 0. The minimum atomic E-state index is -1.04. The minimum absolute atomic E-state index is 0.338. The zero-order chi connectivity index (χ0) is 25.3. The lowest BCUT2D eigenvalue weighted by molar-refractivity contribution is -0.139. The van der Waals surface area contributed by atoms with Crippen molar-refractivity contribution in [2.45, 2.75) is 44.6 Å². The second-order valence-corrected chi connectivity index (χ2v) is 9.05. The molecular formula is C27H33N5O4. The number of benzene rings is 1. The SMILES string of the molecule is Cn1cc(-c2cccc(C(=O)NC(CCCCOCCc3ccc4c(n3)NCCC4)C(=O)O)c2)cn1. The van der Waals surface area contributed by atoms with E-state index in [1.54, 1.807) is 29.1 Å². The monoisotopic (exact) mass is 491 g/mol. The van der Waals surface area contributed by atoms with E-state index in [4.69, 9.17) is 4.74 Å². The molecule has 1 unspecified atom stereocenters. The number of nitrogens with one attached hydrogen (secondary N) is 2. The molecule has 190 valence electrons. The highest BCUT2D eigenvalue weighted by molar-refractivity contribution is 5.97. The number of hydrogen-bond donors (Lipinski definition) is 3. The summed E-state index contributed by atoms with van der Waals surface area (Å²) in [5.74, 6) is -0.458. The van der Waals surface area contributed by atoms with Gasteiger partial charge in [0.1, 0.15) is 11.9 Å². The van der Waals surface area contributed by atoms with Gasteiger partial charge in [0.05, 0.1) is 12.8 Å². The molecule has 1 aliphatic rings. The van der Waals surface area contributed by atoms with Crippen LogP contribution in [-0.2, 0) is 29.4 Å². The highest BCUT2D eigenvalue weighted by Gasteiger charge is 2.20. The van der Waals surface area contributed by atoms with Crippen molar-refractivity contribution in [2.24, 2.45) is 7.05 Å². The number of aliphatic carboxylic acids is 1. The first kappa shape index (κ1) is 25.4. The van der Waals surface area contributed by atoms with Crippen LogP contribution in [0.2, 0.25) is 0 Å². The molecule has 0 fully saturated rings. The van der Waals surface area contributed by atoms with Gasteiger partial charge in [-0.15, -0.1) is 0 Å². The summed E-state index contributed by atoms with van der Waals surface area (Å²) in [4.78, 5) is 29.1. The number of aryl methyl sites for hydroxylation is 2. The number of fused-ring (bicyclic) bond motifs is 1. The molecule has 0 saturated heterocycles. The van der Waals surface area contributed by atoms with E-state index in [2.05, 4.69) is 32.8 Å². The molecule has 0 spiro atoms. The Morgan fingerprint density at radius 3 is 2.89 bits per heavy atom. The number of pyridine rings is 1. The van der Waals surface area contributed by atoms with Crippen LogP contribution in [0.3, 0.4) is 0 Å². The van der Waals surface area contributed by atoms with Crippen molar-refractivity contribution in [1.82, 2.24) is 20.1 Å². The molecule has 3 N–H and O–H groups in total. The minimum Gasteiger partial charge on any atom is -0.480 e. The predicted octanol–water partition coefficient (Wildman–Crippen LogP) is 3.45. The summed E-state index contributed by atoms with van der Waals surface area (Å²) in [6.45, 7) is 2.07. The molecule has 3 aromatic rings. The van der Waals surface area contributed by atoms with Gasteiger partial charge < -0.3 is 20.5 Å². The van der Waals surface area contributed by atoms with Crippen LogP contribution in [-0.4, -0.2) is 57.5 Å². The van der Waals surface area contributed by atoms with Crippen molar-refractivity contribution >= 4 is 17.7 Å². The third-order valence-electron chi connectivity index (χ3n) is 6.25. The average molecular weight is 492 g/mol. The van der Waals surface area contributed by atoms with Crippen molar-refractivity contribution in [3.8, 4) is 11.1 Å². The summed E-state index contributed by atoms with van der Waals surface area (Å²) in [5, 5.41) is 19.7. The topological polar surface area (TPSA) is 118 Å². The predicted molar refractivity (Wildman–Crippen MR) is 137 cm³/mol. The fourth-order valence-electron chi connectivity index (χ4n) is 4.25. The van der Waals surface area contributed by atoms with E-state index in [-0.39, 0.29) is 0 Å². The molecule has 36 heavy (non-hydrogen) atoms. The summed E-state index contributed by atoms with van der Waals surface area (Å²) < 4.78 is 7.42. The first-order valence-corrected chi connectivity index (χ1v) is 12.4. The maximum absolute atomic E-state index is 12.7. The number of unbranched alkanes of at least 4 members (excludes halogenated alkanes) is 1. The number of carbonyl (C=O) groups is 2. The molecule has 1 atom stereocenters. The molecule has 0 aliphatic carbocycles. The standard InChI is InChI=1S/C27H33N5O4/c1-32-18-22(17-29-32)20-6-4-7-21(16-20)26(33)31-24(27(34)35)9-2-3-14-36-15-12-23-11-10-19-8-5-13-28-25(19)30-23/h4,6-7,10-11,16-18,24H,2-3,5,8-9,12-15H2,1H3,(H,28,30)(H,31,33)(H,34,35). The maximum atomic E-state index is 12.7. The number of carbonyl (C=O) groups excluding carboxylic acids is 1. The molecule has 0 bridgehead atoms. The average Bonchev–Trinajstić information content (AvgIpc) is 3.33. The number of amides is 1. The summed E-state index contributed by atoms with van der Waals surface area (Å²) in [6.07, 6.45) is 8.22. The molecule has 0 saturated carbocycles. The van der Waals surface area contributed by atoms with E-state index < -0.39 is 17.9 Å². The Balaban J connectivity index is 1.18. The first-order valence-electron chi connectivity index (χ1n) is 12.4. The van der Waals surface area contributed by atoms with Gasteiger partial charge in [-0.25, -0.2) is 9.78 Å². The fourth-order valence-corrected chi connectivity index (χ4v) is 4.25. The molecule has 1 aliphatic heterocycles. The Hall–Kier alpha value is -3.72. The van der Waals surface area contributed by atoms with Gasteiger partial charge in [0.15, 0.2) is 0 Å². The third kappa shape index (κ3) is 6.91. The van der Waals surface area contributed by atoms with Crippen molar-refractivity contribution < 1.29 is 19.4 Å². The highest BCUT2D eigenvalue weighted by atomic mass is 16.5. The Bertz CT molecular complexity index is 1190. The van der Waals surface area contributed by atoms with Gasteiger partial charge in [0.25, 0.3) is 5.91 Å². The summed E-state index contributed by atoms with van der Waals surface area (Å²) in [5.41, 5.74) is 4.43. The van der Waals surface area contributed by atoms with E-state index in [0.29, 0.717) is 31.6 Å². The van der Waals surface area contributed by atoms with Crippen LogP contribution in [0.15, 0.2) is 48.8 Å². The molecule has 9 nitrogen and oxygen atoms in total. The van der Waals surface area contributed by atoms with Crippen LogP contribution < -0.4 is 10.6 Å². The molecule has 4 rings (SSSR count). The van der Waals surface area contributed by atoms with Crippen molar-refractivity contribution in [3.05, 3.63) is 65.6 Å². The smallest absolute Gasteiger partial charge is 0.326 e. The number of hydrogen-bond acceptors (Lipinski definition) is 6. The van der Waals surface area contributed by atoms with Crippen molar-refractivity contribution in [1.29, 1.82) is 0 Å². The molecule has 2 aromatic heterocycles. The normalized spacial score (nSPS) is 13.5. The van der Waals surface area contributed by atoms with Crippen LogP contribution in [0.25, 0.3) is 11.1 Å². The first-order chi connectivity index (χ1) is 17.5. The number of carboxylic acids is 1. The molecule has 0 radical (unpaired) electrons. The van der Waals surface area contributed by atoms with E-state index in [0.717, 1.165) is 54.9 Å². The van der Waals surface area contributed by atoms with Gasteiger partial charge in [-0.1, -0.05) is 18.2 Å². The zero-order valence-corrected chi connectivity index (χ0v) is 20.6. The molecule has 1 amide bonds. The number of rotatable bonds is 12. The maximum Gasteiger partial charge on any atom is 0.326 e. The van der Waals surface area contributed by atoms with Gasteiger partial charge >= 0.3 is 5.97 Å². The summed E-state index contributed by atoms with van der Waals surface area (Å²) in [6, 6.07) is 10.3. The van der Waals surface area contributed by atoms with E-state index in [1.165, 1.54) is 5.56 Å². The molecule has 1 aromatic carbocycles. The number of nitrogens with zero attached hydrogens (tertiary/aromatic N) is 3. The van der Waals surface area contributed by atoms with E-state index in [1.807, 2.05) is 19.3 Å². The largest absolute Gasteiger partial charge is 0.480 e. The molecular weight excluding hydrogens is 458 g/mol. The van der Waals surface area contributed by atoms with Gasteiger partial charge in [-0.3, -0.25) is 9.48 Å². The Labute approximate surface area is 210 Å². The van der Waals surface area contributed by atoms with Gasteiger partial charge in [0.2, 0.25) is 0 Å². The zero-order valence-electron chi connectivity index (χ0n) is 20.6. The lowest BCUT2D eigenvalue weighted by Crippen LogP contribution is -2.40. The Morgan fingerprint density at radius 2 is 2.08 bits per heavy atom. The van der Waals surface area contributed by atoms with Crippen molar-refractivity contribution in [3.63, 3.8) is 0 Å². The highest BCUT2D eigenvalue weighted by Crippen LogP contribution is 2.21. The van der Waals surface area contributed by atoms with Crippen molar-refractivity contribution in [2.75, 3.05) is 25.1 Å². The number of aromatic nitrogens is 3. The quantitative estimate of drug-likeness (QED) is 0.332. The van der Waals surface area contributed by atoms with Gasteiger partial charge in [-0.05, 0) is 61.4 Å². The molecule has 3 heterocycles. The summed E-state index contributed by atoms with van der Waals surface area (Å²) in [7, 11) is 1.83. The number of anilines is 1.